The third-order valence-electron chi connectivity index (χ3n) is 3.53. The summed E-state index contributed by atoms with van der Waals surface area (Å²) in [6, 6.07) is 2.94. The minimum Gasteiger partial charge on any atom is -0.375 e. The van der Waals surface area contributed by atoms with Crippen LogP contribution in [0.4, 0.5) is 0 Å². The minimum absolute atomic E-state index is 0.0470. The first-order valence-corrected chi connectivity index (χ1v) is 8.90. The summed E-state index contributed by atoms with van der Waals surface area (Å²) in [6.45, 7) is 3.07. The predicted molar refractivity (Wildman–Crippen MR) is 83.1 cm³/mol. The van der Waals surface area contributed by atoms with E-state index in [1.807, 2.05) is 6.92 Å². The van der Waals surface area contributed by atoms with E-state index >= 15 is 0 Å². The number of hydrogen-bond acceptors (Lipinski definition) is 4. The first-order chi connectivity index (χ1) is 9.91. The maximum atomic E-state index is 12.8. The van der Waals surface area contributed by atoms with Gasteiger partial charge in [-0.15, -0.1) is 0 Å². The van der Waals surface area contributed by atoms with Crippen LogP contribution in [0.2, 0.25) is 10.0 Å². The molecule has 21 heavy (non-hydrogen) atoms. The van der Waals surface area contributed by atoms with Gasteiger partial charge in [0.05, 0.1) is 17.7 Å². The smallest absolute Gasteiger partial charge is 0.244 e. The minimum atomic E-state index is -3.68. The summed E-state index contributed by atoms with van der Waals surface area (Å²) < 4.78 is 32.4. The predicted octanol–water partition coefficient (Wildman–Crippen LogP) is 2.25. The number of ether oxygens (including phenoxy) is 1. The lowest BCUT2D eigenvalue weighted by Crippen LogP contribution is -2.45. The van der Waals surface area contributed by atoms with Gasteiger partial charge in [0.15, 0.2) is 0 Å². The van der Waals surface area contributed by atoms with Crippen molar-refractivity contribution in [3.63, 3.8) is 0 Å². The van der Waals surface area contributed by atoms with Crippen molar-refractivity contribution in [2.45, 2.75) is 30.9 Å². The zero-order valence-corrected chi connectivity index (χ0v) is 14.0. The molecule has 0 amide bonds. The van der Waals surface area contributed by atoms with Crippen molar-refractivity contribution < 1.29 is 13.2 Å². The Morgan fingerprint density at radius 2 is 2.14 bits per heavy atom. The fourth-order valence-electron chi connectivity index (χ4n) is 2.26. The quantitative estimate of drug-likeness (QED) is 0.901. The maximum Gasteiger partial charge on any atom is 0.244 e. The lowest BCUT2D eigenvalue weighted by molar-refractivity contribution is -0.00277. The Balaban J connectivity index is 2.40. The van der Waals surface area contributed by atoms with Gasteiger partial charge >= 0.3 is 0 Å². The summed E-state index contributed by atoms with van der Waals surface area (Å²) in [6.07, 6.45) is 0.669. The molecule has 1 unspecified atom stereocenters. The van der Waals surface area contributed by atoms with Crippen molar-refractivity contribution in [1.82, 2.24) is 4.31 Å². The van der Waals surface area contributed by atoms with Crippen LogP contribution < -0.4 is 5.73 Å². The monoisotopic (exact) mass is 352 g/mol. The molecule has 0 bridgehead atoms. The summed E-state index contributed by atoms with van der Waals surface area (Å²) in [4.78, 5) is 0.0470. The van der Waals surface area contributed by atoms with Crippen LogP contribution in [0.5, 0.6) is 0 Å². The highest BCUT2D eigenvalue weighted by atomic mass is 35.5. The SMILES string of the molecule is CCC1CN(S(=O)(=O)c2ccc(Cl)c(CN)c2Cl)CCO1. The van der Waals surface area contributed by atoms with Gasteiger partial charge in [-0.3, -0.25) is 0 Å². The van der Waals surface area contributed by atoms with E-state index in [9.17, 15) is 8.42 Å². The van der Waals surface area contributed by atoms with Gasteiger partial charge < -0.3 is 10.5 Å². The van der Waals surface area contributed by atoms with Crippen LogP contribution in [-0.2, 0) is 21.3 Å². The Morgan fingerprint density at radius 1 is 1.43 bits per heavy atom. The van der Waals surface area contributed by atoms with Gasteiger partial charge in [-0.1, -0.05) is 30.1 Å². The summed E-state index contributed by atoms with van der Waals surface area (Å²) in [7, 11) is -3.68. The molecular weight excluding hydrogens is 335 g/mol. The lowest BCUT2D eigenvalue weighted by Gasteiger charge is -2.32. The first-order valence-electron chi connectivity index (χ1n) is 6.70. The highest BCUT2D eigenvalue weighted by Crippen LogP contribution is 2.33. The number of nitrogens with two attached hydrogens (primary N) is 1. The van der Waals surface area contributed by atoms with E-state index in [2.05, 4.69) is 0 Å². The molecular formula is C13H18Cl2N2O3S. The normalized spacial score (nSPS) is 20.7. The average Bonchev–Trinajstić information content (AvgIpc) is 2.47. The number of morpholine rings is 1. The Morgan fingerprint density at radius 3 is 2.76 bits per heavy atom. The molecule has 1 aromatic rings. The van der Waals surface area contributed by atoms with E-state index < -0.39 is 10.0 Å². The van der Waals surface area contributed by atoms with Gasteiger partial charge in [0, 0.05) is 30.2 Å². The molecule has 1 aliphatic rings. The highest BCUT2D eigenvalue weighted by molar-refractivity contribution is 7.89. The van der Waals surface area contributed by atoms with Gasteiger partial charge in [0.1, 0.15) is 4.90 Å². The van der Waals surface area contributed by atoms with E-state index in [-0.39, 0.29) is 22.6 Å². The van der Waals surface area contributed by atoms with E-state index in [1.165, 1.54) is 16.4 Å². The number of rotatable bonds is 4. The number of halogens is 2. The Labute approximate surface area is 135 Å². The molecule has 1 saturated heterocycles. The zero-order valence-electron chi connectivity index (χ0n) is 11.7. The molecule has 0 radical (unpaired) electrons. The van der Waals surface area contributed by atoms with E-state index in [1.54, 1.807) is 0 Å². The average molecular weight is 353 g/mol. The number of nitrogens with zero attached hydrogens (tertiary/aromatic N) is 1. The number of hydrogen-bond donors (Lipinski definition) is 1. The molecule has 1 heterocycles. The molecule has 118 valence electrons. The molecule has 5 nitrogen and oxygen atoms in total. The van der Waals surface area contributed by atoms with Crippen LogP contribution in [0.15, 0.2) is 17.0 Å². The lowest BCUT2D eigenvalue weighted by atomic mass is 10.2. The molecule has 0 spiro atoms. The van der Waals surface area contributed by atoms with Crippen LogP contribution in [0.3, 0.4) is 0 Å². The van der Waals surface area contributed by atoms with Crippen LogP contribution in [0, 0.1) is 0 Å². The topological polar surface area (TPSA) is 72.6 Å². The molecule has 8 heteroatoms. The van der Waals surface area contributed by atoms with Gasteiger partial charge in [-0.2, -0.15) is 4.31 Å². The third-order valence-corrected chi connectivity index (χ3v) is 6.33. The molecule has 2 N–H and O–H groups in total. The van der Waals surface area contributed by atoms with Crippen molar-refractivity contribution in [3.8, 4) is 0 Å². The fourth-order valence-corrected chi connectivity index (χ4v) is 4.62. The maximum absolute atomic E-state index is 12.8. The Kier molecular flexibility index (Phi) is 5.51. The summed E-state index contributed by atoms with van der Waals surface area (Å²) >= 11 is 12.2. The molecule has 1 atom stereocenters. The van der Waals surface area contributed by atoms with Crippen LogP contribution in [0.25, 0.3) is 0 Å². The van der Waals surface area contributed by atoms with E-state index in [0.29, 0.717) is 30.3 Å². The van der Waals surface area contributed by atoms with Gasteiger partial charge in [-0.05, 0) is 18.6 Å². The second kappa shape index (κ2) is 6.81. The molecule has 1 aromatic carbocycles. The second-order valence-electron chi connectivity index (χ2n) is 4.81. The van der Waals surface area contributed by atoms with Crippen LogP contribution in [-0.4, -0.2) is 38.5 Å². The molecule has 1 aliphatic heterocycles. The standard InChI is InChI=1S/C13H18Cl2N2O3S/c1-2-9-8-17(5-6-20-9)21(18,19)12-4-3-11(14)10(7-16)13(12)15/h3-4,9H,2,5-8,16H2,1H3. The first kappa shape index (κ1) is 17.0. The zero-order chi connectivity index (χ0) is 15.6. The van der Waals surface area contributed by atoms with Gasteiger partial charge in [0.2, 0.25) is 10.0 Å². The summed E-state index contributed by atoms with van der Waals surface area (Å²) in [5.74, 6) is 0. The van der Waals surface area contributed by atoms with E-state index in [4.69, 9.17) is 33.7 Å². The van der Waals surface area contributed by atoms with Gasteiger partial charge in [-0.25, -0.2) is 8.42 Å². The van der Waals surface area contributed by atoms with Crippen molar-refractivity contribution in [3.05, 3.63) is 27.7 Å². The number of sulfonamides is 1. The molecule has 0 aromatic heterocycles. The molecule has 0 aliphatic carbocycles. The number of benzene rings is 1. The van der Waals surface area contributed by atoms with Crippen molar-refractivity contribution in [2.75, 3.05) is 19.7 Å². The van der Waals surface area contributed by atoms with Crippen molar-refractivity contribution >= 4 is 33.2 Å². The van der Waals surface area contributed by atoms with Crippen LogP contribution >= 0.6 is 23.2 Å². The van der Waals surface area contributed by atoms with E-state index in [0.717, 1.165) is 6.42 Å². The molecule has 0 saturated carbocycles. The van der Waals surface area contributed by atoms with Crippen molar-refractivity contribution in [2.24, 2.45) is 5.73 Å². The largest absolute Gasteiger partial charge is 0.375 e. The molecule has 1 fully saturated rings. The highest BCUT2D eigenvalue weighted by Gasteiger charge is 2.32. The Bertz CT molecular complexity index is 622. The fraction of sp³-hybridized carbons (Fsp3) is 0.538. The third kappa shape index (κ3) is 3.36. The van der Waals surface area contributed by atoms with Gasteiger partial charge in [0.25, 0.3) is 0 Å². The summed E-state index contributed by atoms with van der Waals surface area (Å²) in [5, 5.41) is 0.472. The second-order valence-corrected chi connectivity index (χ2v) is 7.50. The summed E-state index contributed by atoms with van der Waals surface area (Å²) in [5.41, 5.74) is 6.03. The Hall–Kier alpha value is -0.370. The molecule has 2 rings (SSSR count). The van der Waals surface area contributed by atoms with Crippen molar-refractivity contribution in [1.29, 1.82) is 0 Å². The van der Waals surface area contributed by atoms with Crippen LogP contribution in [0.1, 0.15) is 18.9 Å².